The molecule has 0 aromatic heterocycles. The van der Waals surface area contributed by atoms with Crippen LogP contribution in [-0.4, -0.2) is 0 Å². The van der Waals surface area contributed by atoms with Crippen LogP contribution in [0.4, 0.5) is 0 Å². The van der Waals surface area contributed by atoms with Gasteiger partial charge in [0.05, 0.1) is 0 Å². The first-order valence-electron chi connectivity index (χ1n) is 4.84. The fraction of sp³-hybridized carbons (Fsp3) is 0. The zero-order chi connectivity index (χ0) is 10.5. The maximum atomic E-state index is 3.75. The Morgan fingerprint density at radius 3 is 2.27 bits per heavy atom. The smallest absolute Gasteiger partial charge is 0.0194 e. The van der Waals surface area contributed by atoms with E-state index in [1.54, 1.807) is 11.8 Å². The Bertz CT molecular complexity index is 446. The van der Waals surface area contributed by atoms with Crippen molar-refractivity contribution in [2.24, 2.45) is 0 Å². The third kappa shape index (κ3) is 2.31. The SMILES string of the molecule is C=CSc1ccccc1-c1ccccc1. The molecule has 0 spiro atoms. The van der Waals surface area contributed by atoms with Gasteiger partial charge in [0, 0.05) is 4.90 Å². The van der Waals surface area contributed by atoms with Crippen molar-refractivity contribution in [3.63, 3.8) is 0 Å². The van der Waals surface area contributed by atoms with Gasteiger partial charge in [0.2, 0.25) is 0 Å². The van der Waals surface area contributed by atoms with E-state index in [-0.39, 0.29) is 0 Å². The number of hydrogen-bond donors (Lipinski definition) is 0. The fourth-order valence-corrected chi connectivity index (χ4v) is 2.16. The third-order valence-corrected chi connectivity index (χ3v) is 2.96. The standard InChI is InChI=1S/C14H12S/c1-2-15-14-11-7-6-10-13(14)12-8-4-3-5-9-12/h2-11H,1H2. The van der Waals surface area contributed by atoms with Gasteiger partial charge in [0.1, 0.15) is 0 Å². The van der Waals surface area contributed by atoms with Crippen molar-refractivity contribution in [1.82, 2.24) is 0 Å². The zero-order valence-corrected chi connectivity index (χ0v) is 9.21. The Morgan fingerprint density at radius 1 is 0.867 bits per heavy atom. The molecular weight excluding hydrogens is 200 g/mol. The molecule has 0 nitrogen and oxygen atoms in total. The molecule has 15 heavy (non-hydrogen) atoms. The second-order valence-corrected chi connectivity index (χ2v) is 4.16. The highest BCUT2D eigenvalue weighted by molar-refractivity contribution is 8.02. The number of thioether (sulfide) groups is 1. The maximum Gasteiger partial charge on any atom is 0.0194 e. The molecule has 0 bridgehead atoms. The van der Waals surface area contributed by atoms with Gasteiger partial charge < -0.3 is 0 Å². The van der Waals surface area contributed by atoms with Gasteiger partial charge in [0.15, 0.2) is 0 Å². The molecule has 0 aliphatic heterocycles. The van der Waals surface area contributed by atoms with E-state index in [4.69, 9.17) is 0 Å². The first kappa shape index (κ1) is 10.1. The van der Waals surface area contributed by atoms with Crippen LogP contribution in [0.25, 0.3) is 11.1 Å². The molecule has 0 heterocycles. The van der Waals surface area contributed by atoms with Gasteiger partial charge in [-0.05, 0) is 22.6 Å². The Hall–Kier alpha value is -1.47. The number of benzene rings is 2. The molecular formula is C14H12S. The summed E-state index contributed by atoms with van der Waals surface area (Å²) < 4.78 is 0. The van der Waals surface area contributed by atoms with E-state index in [0.717, 1.165) is 0 Å². The van der Waals surface area contributed by atoms with E-state index in [2.05, 4.69) is 55.1 Å². The van der Waals surface area contributed by atoms with E-state index in [9.17, 15) is 0 Å². The van der Waals surface area contributed by atoms with Gasteiger partial charge in [-0.15, -0.1) is 0 Å². The first-order valence-corrected chi connectivity index (χ1v) is 5.72. The predicted molar refractivity (Wildman–Crippen MR) is 67.9 cm³/mol. The normalized spacial score (nSPS) is 9.87. The Labute approximate surface area is 94.7 Å². The van der Waals surface area contributed by atoms with Crippen molar-refractivity contribution in [3.05, 3.63) is 66.6 Å². The highest BCUT2D eigenvalue weighted by atomic mass is 32.2. The summed E-state index contributed by atoms with van der Waals surface area (Å²) in [5.74, 6) is 0. The van der Waals surface area contributed by atoms with Crippen LogP contribution in [0, 0.1) is 0 Å². The van der Waals surface area contributed by atoms with Gasteiger partial charge in [-0.1, -0.05) is 66.9 Å². The monoisotopic (exact) mass is 212 g/mol. The summed E-state index contributed by atoms with van der Waals surface area (Å²) in [5.41, 5.74) is 2.52. The van der Waals surface area contributed by atoms with Crippen molar-refractivity contribution in [3.8, 4) is 11.1 Å². The van der Waals surface area contributed by atoms with E-state index in [1.165, 1.54) is 16.0 Å². The molecule has 0 saturated heterocycles. The van der Waals surface area contributed by atoms with Gasteiger partial charge >= 0.3 is 0 Å². The average molecular weight is 212 g/mol. The molecule has 2 aromatic rings. The fourth-order valence-electron chi connectivity index (χ4n) is 1.52. The van der Waals surface area contributed by atoms with Crippen LogP contribution in [0.2, 0.25) is 0 Å². The largest absolute Gasteiger partial charge is 0.0980 e. The summed E-state index contributed by atoms with van der Waals surface area (Å²) in [7, 11) is 0. The van der Waals surface area contributed by atoms with Gasteiger partial charge in [-0.3, -0.25) is 0 Å². The quantitative estimate of drug-likeness (QED) is 0.670. The lowest BCUT2D eigenvalue weighted by atomic mass is 10.1. The van der Waals surface area contributed by atoms with Crippen LogP contribution in [0.5, 0.6) is 0 Å². The molecule has 0 aliphatic rings. The lowest BCUT2D eigenvalue weighted by Gasteiger charge is -2.06. The molecule has 0 amide bonds. The van der Waals surface area contributed by atoms with E-state index < -0.39 is 0 Å². The molecule has 0 fully saturated rings. The minimum Gasteiger partial charge on any atom is -0.0980 e. The van der Waals surface area contributed by atoms with Crippen LogP contribution in [0.1, 0.15) is 0 Å². The third-order valence-electron chi connectivity index (χ3n) is 2.18. The van der Waals surface area contributed by atoms with E-state index in [0.29, 0.717) is 0 Å². The summed E-state index contributed by atoms with van der Waals surface area (Å²) in [6, 6.07) is 18.8. The lowest BCUT2D eigenvalue weighted by molar-refractivity contribution is 1.45. The van der Waals surface area contributed by atoms with Crippen LogP contribution in [0.3, 0.4) is 0 Å². The molecule has 0 saturated carbocycles. The maximum absolute atomic E-state index is 3.75. The van der Waals surface area contributed by atoms with Crippen molar-refractivity contribution in [2.75, 3.05) is 0 Å². The molecule has 2 aromatic carbocycles. The molecule has 74 valence electrons. The van der Waals surface area contributed by atoms with Crippen LogP contribution in [-0.2, 0) is 0 Å². The molecule has 0 atom stereocenters. The minimum absolute atomic E-state index is 1.25. The van der Waals surface area contributed by atoms with Gasteiger partial charge in [-0.25, -0.2) is 0 Å². The molecule has 0 radical (unpaired) electrons. The summed E-state index contributed by atoms with van der Waals surface area (Å²) in [5, 5.41) is 1.86. The first-order chi connectivity index (χ1) is 7.42. The second kappa shape index (κ2) is 4.85. The topological polar surface area (TPSA) is 0 Å². The van der Waals surface area contributed by atoms with Crippen LogP contribution in [0.15, 0.2) is 71.5 Å². The molecule has 1 heteroatoms. The van der Waals surface area contributed by atoms with Crippen molar-refractivity contribution >= 4 is 11.8 Å². The van der Waals surface area contributed by atoms with Crippen molar-refractivity contribution in [2.45, 2.75) is 4.90 Å². The molecule has 0 aliphatic carbocycles. The van der Waals surface area contributed by atoms with Crippen LogP contribution >= 0.6 is 11.8 Å². The second-order valence-electron chi connectivity index (χ2n) is 3.15. The van der Waals surface area contributed by atoms with E-state index in [1.807, 2.05) is 11.5 Å². The Morgan fingerprint density at radius 2 is 1.53 bits per heavy atom. The molecule has 2 rings (SSSR count). The number of hydrogen-bond acceptors (Lipinski definition) is 1. The summed E-state index contributed by atoms with van der Waals surface area (Å²) in [6.07, 6.45) is 0. The highest BCUT2D eigenvalue weighted by Gasteiger charge is 2.02. The summed E-state index contributed by atoms with van der Waals surface area (Å²) >= 11 is 1.66. The Kier molecular flexibility index (Phi) is 3.25. The Balaban J connectivity index is 2.48. The summed E-state index contributed by atoms with van der Waals surface area (Å²) in [6.45, 7) is 3.75. The lowest BCUT2D eigenvalue weighted by Crippen LogP contribution is -1.79. The average Bonchev–Trinajstić information content (AvgIpc) is 2.31. The summed E-state index contributed by atoms with van der Waals surface area (Å²) in [4.78, 5) is 1.25. The molecule has 0 unspecified atom stereocenters. The minimum atomic E-state index is 1.25. The highest BCUT2D eigenvalue weighted by Crippen LogP contribution is 2.31. The van der Waals surface area contributed by atoms with Gasteiger partial charge in [0.25, 0.3) is 0 Å². The van der Waals surface area contributed by atoms with Crippen molar-refractivity contribution < 1.29 is 0 Å². The predicted octanol–water partition coefficient (Wildman–Crippen LogP) is 4.59. The van der Waals surface area contributed by atoms with Crippen molar-refractivity contribution in [1.29, 1.82) is 0 Å². The zero-order valence-electron chi connectivity index (χ0n) is 8.39. The van der Waals surface area contributed by atoms with E-state index >= 15 is 0 Å². The van der Waals surface area contributed by atoms with Gasteiger partial charge in [-0.2, -0.15) is 0 Å². The molecule has 0 N–H and O–H groups in total. The van der Waals surface area contributed by atoms with Crippen LogP contribution < -0.4 is 0 Å². The number of rotatable bonds is 3.